The van der Waals surface area contributed by atoms with Gasteiger partial charge in [0.15, 0.2) is 0 Å². The molecule has 3 aromatic rings. The first-order chi connectivity index (χ1) is 17.6. The summed E-state index contributed by atoms with van der Waals surface area (Å²) in [4.78, 5) is 11.9. The molecule has 4 rings (SSSR count). The number of fused-ring (bicyclic) bond motifs is 1. The van der Waals surface area contributed by atoms with Crippen molar-refractivity contribution in [1.29, 1.82) is 0 Å². The maximum Gasteiger partial charge on any atom is 0.407 e. The molecule has 6 nitrogen and oxygen atoms in total. The van der Waals surface area contributed by atoms with E-state index in [0.717, 1.165) is 11.1 Å². The number of carbonyl (C=O) groups is 1. The molecule has 0 saturated carbocycles. The lowest BCUT2D eigenvalue weighted by atomic mass is 9.84. The zero-order chi connectivity index (χ0) is 26.6. The minimum atomic E-state index is -0.679. The van der Waals surface area contributed by atoms with Gasteiger partial charge in [-0.1, -0.05) is 48.0 Å². The molecule has 37 heavy (non-hydrogen) atoms. The Morgan fingerprint density at radius 2 is 1.86 bits per heavy atom. The first kappa shape index (κ1) is 26.8. The Labute approximate surface area is 221 Å². The van der Waals surface area contributed by atoms with Crippen LogP contribution in [0.5, 0.6) is 11.5 Å². The summed E-state index contributed by atoms with van der Waals surface area (Å²) in [6, 6.07) is 18.0. The minimum absolute atomic E-state index is 0.111. The van der Waals surface area contributed by atoms with E-state index in [2.05, 4.69) is 5.32 Å². The van der Waals surface area contributed by atoms with Gasteiger partial charge in [0.25, 0.3) is 0 Å². The Bertz CT molecular complexity index is 1260. The number of alkyl carbamates (subject to hydrolysis) is 1. The number of ether oxygens (including phenoxy) is 3. The summed E-state index contributed by atoms with van der Waals surface area (Å²) in [5, 5.41) is 3.03. The number of nitrogens with one attached hydrogen (secondary N) is 1. The highest BCUT2D eigenvalue weighted by molar-refractivity contribution is 6.33. The smallest absolute Gasteiger partial charge is 0.407 e. The molecule has 0 fully saturated rings. The molecule has 1 aliphatic heterocycles. The molecule has 1 heterocycles. The third kappa shape index (κ3) is 6.00. The normalized spacial score (nSPS) is 16.6. The number of rotatable bonds is 8. The fraction of sp³-hybridized carbons (Fsp3) is 0.345. The number of benzene rings is 3. The minimum Gasteiger partial charge on any atom is -0.491 e. The Morgan fingerprint density at radius 1 is 1.11 bits per heavy atom. The molecule has 1 aliphatic rings. The molecule has 1 atom stereocenters. The summed E-state index contributed by atoms with van der Waals surface area (Å²) >= 11 is 6.69. The quantitative estimate of drug-likeness (QED) is 0.340. The molecule has 1 amide bonds. The Balaban J connectivity index is 1.63. The third-order valence-corrected chi connectivity index (χ3v) is 6.40. The predicted octanol–water partition coefficient (Wildman–Crippen LogP) is 6.23. The number of hydrogen-bond acceptors (Lipinski definition) is 5. The second kappa shape index (κ2) is 11.0. The molecule has 0 bridgehead atoms. The van der Waals surface area contributed by atoms with Crippen LogP contribution in [0.1, 0.15) is 38.3 Å². The highest BCUT2D eigenvalue weighted by Gasteiger charge is 2.42. The van der Waals surface area contributed by atoms with Gasteiger partial charge < -0.3 is 25.3 Å². The monoisotopic (exact) mass is 526 g/mol. The molecular weight excluding hydrogens is 495 g/mol. The van der Waals surface area contributed by atoms with Gasteiger partial charge in [0.1, 0.15) is 35.1 Å². The van der Waals surface area contributed by atoms with E-state index < -0.39 is 23.1 Å². The lowest BCUT2D eigenvalue weighted by Crippen LogP contribution is -2.34. The van der Waals surface area contributed by atoms with Crippen LogP contribution in [-0.2, 0) is 16.8 Å². The fourth-order valence-electron chi connectivity index (χ4n) is 4.59. The summed E-state index contributed by atoms with van der Waals surface area (Å²) in [7, 11) is 0. The second-order valence-corrected chi connectivity index (χ2v) is 10.4. The lowest BCUT2D eigenvalue weighted by Gasteiger charge is -2.29. The number of amides is 1. The topological polar surface area (TPSA) is 82.8 Å². The molecule has 0 spiro atoms. The largest absolute Gasteiger partial charge is 0.491 e. The fourth-order valence-corrected chi connectivity index (χ4v) is 4.86. The maximum atomic E-state index is 15.4. The van der Waals surface area contributed by atoms with E-state index in [1.165, 1.54) is 6.07 Å². The van der Waals surface area contributed by atoms with E-state index in [9.17, 15) is 4.79 Å². The van der Waals surface area contributed by atoms with E-state index in [0.29, 0.717) is 41.5 Å². The van der Waals surface area contributed by atoms with Crippen molar-refractivity contribution in [3.05, 3.63) is 82.6 Å². The molecule has 0 aliphatic carbocycles. The molecule has 3 N–H and O–H groups in total. The van der Waals surface area contributed by atoms with E-state index in [1.807, 2.05) is 36.4 Å². The van der Waals surface area contributed by atoms with Gasteiger partial charge in [0.05, 0.1) is 12.1 Å². The molecule has 0 aromatic heterocycles. The van der Waals surface area contributed by atoms with Gasteiger partial charge in [0.2, 0.25) is 0 Å². The van der Waals surface area contributed by atoms with Gasteiger partial charge in [-0.15, -0.1) is 0 Å². The average molecular weight is 527 g/mol. The number of carbonyl (C=O) groups excluding carboxylic acids is 1. The second-order valence-electron chi connectivity index (χ2n) is 9.97. The van der Waals surface area contributed by atoms with Crippen molar-refractivity contribution in [2.24, 2.45) is 5.73 Å². The van der Waals surface area contributed by atoms with Gasteiger partial charge in [-0.25, -0.2) is 9.18 Å². The Hall–Kier alpha value is -3.29. The summed E-state index contributed by atoms with van der Waals surface area (Å²) in [5.74, 6) is 0.485. The van der Waals surface area contributed by atoms with Crippen molar-refractivity contribution in [2.75, 3.05) is 19.7 Å². The maximum absolute atomic E-state index is 15.4. The van der Waals surface area contributed by atoms with Gasteiger partial charge in [-0.2, -0.15) is 0 Å². The highest BCUT2D eigenvalue weighted by atomic mass is 35.5. The summed E-state index contributed by atoms with van der Waals surface area (Å²) in [5.41, 5.74) is 7.28. The number of nitrogens with two attached hydrogens (primary N) is 1. The zero-order valence-corrected chi connectivity index (χ0v) is 22.0. The first-order valence-corrected chi connectivity index (χ1v) is 12.7. The van der Waals surface area contributed by atoms with Crippen LogP contribution in [0, 0.1) is 5.82 Å². The molecular formula is C29H32ClFN2O4. The predicted molar refractivity (Wildman–Crippen MR) is 143 cm³/mol. The van der Waals surface area contributed by atoms with Gasteiger partial charge in [0, 0.05) is 29.0 Å². The Kier molecular flexibility index (Phi) is 7.95. The van der Waals surface area contributed by atoms with Gasteiger partial charge >= 0.3 is 6.09 Å². The lowest BCUT2D eigenvalue weighted by molar-refractivity contribution is 0.0520. The van der Waals surface area contributed by atoms with Crippen molar-refractivity contribution in [2.45, 2.75) is 44.8 Å². The number of hydrogen-bond donors (Lipinski definition) is 2. The Morgan fingerprint density at radius 3 is 2.57 bits per heavy atom. The van der Waals surface area contributed by atoms with E-state index in [4.69, 9.17) is 31.5 Å². The summed E-state index contributed by atoms with van der Waals surface area (Å²) in [6.07, 6.45) is 0.515. The zero-order valence-electron chi connectivity index (χ0n) is 21.3. The highest BCUT2D eigenvalue weighted by Crippen LogP contribution is 2.51. The van der Waals surface area contributed by atoms with Crippen LogP contribution in [0.4, 0.5) is 9.18 Å². The van der Waals surface area contributed by atoms with Crippen LogP contribution in [0.15, 0.2) is 60.7 Å². The molecule has 8 heteroatoms. The van der Waals surface area contributed by atoms with Crippen molar-refractivity contribution < 1.29 is 23.4 Å². The van der Waals surface area contributed by atoms with Crippen LogP contribution in [0.3, 0.4) is 0 Å². The standard InChI is InChI=1S/C29H32ClFN2O4/c1-28(2,3)37-27(34)33-16-17-35-24-11-7-10-22(31)26(24)25-20-18-29(14-15-32,19-8-5-4-6-9-19)36-23(20)13-12-21(25)30/h4-13H,14-18,32H2,1-3H3,(H,33,34)/t29-/m1/s1. The molecule has 0 unspecified atom stereocenters. The van der Waals surface area contributed by atoms with Crippen LogP contribution < -0.4 is 20.5 Å². The molecule has 3 aromatic carbocycles. The molecule has 0 saturated heterocycles. The van der Waals surface area contributed by atoms with Crippen LogP contribution in [-0.4, -0.2) is 31.4 Å². The molecule has 196 valence electrons. The van der Waals surface area contributed by atoms with E-state index in [1.54, 1.807) is 39.0 Å². The van der Waals surface area contributed by atoms with Crippen molar-refractivity contribution in [1.82, 2.24) is 5.32 Å². The van der Waals surface area contributed by atoms with Crippen LogP contribution >= 0.6 is 11.6 Å². The average Bonchev–Trinajstić information content (AvgIpc) is 3.22. The van der Waals surface area contributed by atoms with Crippen molar-refractivity contribution >= 4 is 17.7 Å². The third-order valence-electron chi connectivity index (χ3n) is 6.09. The SMILES string of the molecule is CC(C)(C)OC(=O)NCCOc1cccc(F)c1-c1c(Cl)ccc2c1C[C@](CCN)(c1ccccc1)O2. The first-order valence-electron chi connectivity index (χ1n) is 12.3. The molecule has 0 radical (unpaired) electrons. The van der Waals surface area contributed by atoms with Crippen LogP contribution in [0.2, 0.25) is 5.02 Å². The summed E-state index contributed by atoms with van der Waals surface area (Å²) in [6.45, 7) is 6.07. The van der Waals surface area contributed by atoms with Crippen molar-refractivity contribution in [3.8, 4) is 22.6 Å². The van der Waals surface area contributed by atoms with Gasteiger partial charge in [-0.05, 0) is 57.1 Å². The van der Waals surface area contributed by atoms with Crippen molar-refractivity contribution in [3.63, 3.8) is 0 Å². The summed E-state index contributed by atoms with van der Waals surface area (Å²) < 4.78 is 33.1. The number of halogens is 2. The van der Waals surface area contributed by atoms with E-state index >= 15 is 4.39 Å². The van der Waals surface area contributed by atoms with Crippen LogP contribution in [0.25, 0.3) is 11.1 Å². The van der Waals surface area contributed by atoms with E-state index in [-0.39, 0.29) is 18.7 Å². The van der Waals surface area contributed by atoms with Gasteiger partial charge in [-0.3, -0.25) is 0 Å².